The summed E-state index contributed by atoms with van der Waals surface area (Å²) < 4.78 is 22.3. The van der Waals surface area contributed by atoms with E-state index in [-0.39, 0.29) is 29.0 Å². The number of nitrogens with zero attached hydrogens (tertiary/aromatic N) is 1. The van der Waals surface area contributed by atoms with Crippen LogP contribution in [0.4, 0.5) is 5.69 Å². The van der Waals surface area contributed by atoms with Crippen LogP contribution >= 0.6 is 0 Å². The van der Waals surface area contributed by atoms with Crippen LogP contribution in [0.15, 0.2) is 29.2 Å². The molecule has 1 saturated heterocycles. The molecule has 2 amide bonds. The second-order valence-corrected chi connectivity index (χ2v) is 6.36. The van der Waals surface area contributed by atoms with Gasteiger partial charge in [-0.2, -0.15) is 0 Å². The zero-order chi connectivity index (χ0) is 14.9. The van der Waals surface area contributed by atoms with Gasteiger partial charge in [0, 0.05) is 12.3 Å². The van der Waals surface area contributed by atoms with E-state index in [4.69, 9.17) is 5.14 Å². The van der Waals surface area contributed by atoms with E-state index < -0.39 is 10.0 Å². The Bertz CT molecular complexity index is 637. The fraction of sp³-hybridized carbons (Fsp3) is 0.385. The molecule has 1 aromatic carbocycles. The van der Waals surface area contributed by atoms with Crippen molar-refractivity contribution in [2.45, 2.75) is 31.1 Å². The molecule has 1 atom stereocenters. The Labute approximate surface area is 117 Å². The van der Waals surface area contributed by atoms with Crippen LogP contribution in [0.2, 0.25) is 0 Å². The maximum atomic E-state index is 12.2. The molecule has 1 unspecified atom stereocenters. The quantitative estimate of drug-likeness (QED) is 0.838. The first-order valence-electron chi connectivity index (χ1n) is 6.34. The summed E-state index contributed by atoms with van der Waals surface area (Å²) in [5.74, 6) is -0.748. The van der Waals surface area contributed by atoms with Crippen LogP contribution in [-0.2, 0) is 19.6 Å². The van der Waals surface area contributed by atoms with Crippen LogP contribution in [0.5, 0.6) is 0 Å². The zero-order valence-corrected chi connectivity index (χ0v) is 11.9. The number of benzene rings is 1. The molecule has 0 bridgehead atoms. The highest BCUT2D eigenvalue weighted by Crippen LogP contribution is 2.29. The van der Waals surface area contributed by atoms with Gasteiger partial charge in [0.2, 0.25) is 21.8 Å². The maximum Gasteiger partial charge on any atom is 0.238 e. The lowest BCUT2D eigenvalue weighted by Gasteiger charge is -2.15. The molecule has 2 N–H and O–H groups in total. The van der Waals surface area contributed by atoms with E-state index in [1.165, 1.54) is 24.3 Å². The van der Waals surface area contributed by atoms with Crippen molar-refractivity contribution in [2.24, 2.45) is 11.1 Å². The molecule has 7 heteroatoms. The Kier molecular flexibility index (Phi) is 3.92. The molecule has 1 heterocycles. The predicted molar refractivity (Wildman–Crippen MR) is 73.3 cm³/mol. The summed E-state index contributed by atoms with van der Waals surface area (Å²) in [7, 11) is -3.78. The van der Waals surface area contributed by atoms with Gasteiger partial charge in [-0.25, -0.2) is 13.6 Å². The van der Waals surface area contributed by atoms with Crippen LogP contribution < -0.4 is 10.0 Å². The second kappa shape index (κ2) is 5.34. The molecule has 20 heavy (non-hydrogen) atoms. The van der Waals surface area contributed by atoms with Gasteiger partial charge >= 0.3 is 0 Å². The number of nitrogens with two attached hydrogens (primary N) is 1. The molecule has 0 aliphatic carbocycles. The number of carbonyl (C=O) groups is 2. The average molecular weight is 296 g/mol. The lowest BCUT2D eigenvalue weighted by atomic mass is 10.0. The fourth-order valence-corrected chi connectivity index (χ4v) is 2.84. The monoisotopic (exact) mass is 296 g/mol. The van der Waals surface area contributed by atoms with Crippen molar-refractivity contribution < 1.29 is 18.0 Å². The van der Waals surface area contributed by atoms with Crippen molar-refractivity contribution in [1.82, 2.24) is 0 Å². The Balaban J connectivity index is 2.28. The molecule has 1 aliphatic rings. The topological polar surface area (TPSA) is 97.5 Å². The van der Waals surface area contributed by atoms with Crippen LogP contribution in [0.1, 0.15) is 26.2 Å². The smallest absolute Gasteiger partial charge is 0.238 e. The molecule has 0 spiro atoms. The Morgan fingerprint density at radius 2 is 1.85 bits per heavy atom. The molecule has 108 valence electrons. The summed E-state index contributed by atoms with van der Waals surface area (Å²) in [5.41, 5.74) is 0.381. The van der Waals surface area contributed by atoms with Gasteiger partial charge in [-0.05, 0) is 30.7 Å². The Morgan fingerprint density at radius 3 is 2.35 bits per heavy atom. The van der Waals surface area contributed by atoms with Crippen molar-refractivity contribution in [2.75, 3.05) is 4.90 Å². The fourth-order valence-electron chi connectivity index (χ4n) is 2.32. The number of amides is 2. The Hall–Kier alpha value is -1.73. The largest absolute Gasteiger partial charge is 0.274 e. The number of carbonyl (C=O) groups excluding carboxylic acids is 2. The molecule has 1 aromatic rings. The number of primary sulfonamides is 1. The van der Waals surface area contributed by atoms with Gasteiger partial charge in [-0.15, -0.1) is 0 Å². The van der Waals surface area contributed by atoms with Crippen molar-refractivity contribution in [3.05, 3.63) is 24.3 Å². The zero-order valence-electron chi connectivity index (χ0n) is 11.1. The van der Waals surface area contributed by atoms with E-state index in [1.54, 1.807) is 0 Å². The minimum atomic E-state index is -3.78. The normalized spacial score (nSPS) is 19.7. The third-order valence-electron chi connectivity index (χ3n) is 3.30. The van der Waals surface area contributed by atoms with Gasteiger partial charge in [0.1, 0.15) is 0 Å². The Morgan fingerprint density at radius 1 is 1.25 bits per heavy atom. The number of sulfonamides is 1. The molecular weight excluding hydrogens is 280 g/mol. The number of anilines is 1. The number of hydrogen-bond acceptors (Lipinski definition) is 4. The van der Waals surface area contributed by atoms with Gasteiger partial charge in [0.05, 0.1) is 10.6 Å². The van der Waals surface area contributed by atoms with E-state index in [2.05, 4.69) is 0 Å². The van der Waals surface area contributed by atoms with Crippen molar-refractivity contribution in [3.8, 4) is 0 Å². The molecule has 1 fully saturated rings. The minimum absolute atomic E-state index is 0.0505. The molecule has 0 radical (unpaired) electrons. The summed E-state index contributed by atoms with van der Waals surface area (Å²) in [6.07, 6.45) is 1.72. The van der Waals surface area contributed by atoms with Gasteiger partial charge in [-0.3, -0.25) is 14.5 Å². The average Bonchev–Trinajstić information content (AvgIpc) is 2.64. The van der Waals surface area contributed by atoms with E-state index in [9.17, 15) is 18.0 Å². The summed E-state index contributed by atoms with van der Waals surface area (Å²) in [5, 5.41) is 5.00. The molecule has 0 aromatic heterocycles. The summed E-state index contributed by atoms with van der Waals surface area (Å²) in [6, 6.07) is 5.42. The third kappa shape index (κ3) is 2.73. The molecular formula is C13H16N2O4S. The number of rotatable bonds is 4. The number of imide groups is 1. The standard InChI is InChI=1S/C13H16N2O4S/c1-2-3-9-8-12(16)15(13(9)17)10-4-6-11(7-5-10)20(14,18)19/h4-7,9H,2-3,8H2,1H3,(H2,14,18,19). The van der Waals surface area contributed by atoms with Crippen molar-refractivity contribution in [1.29, 1.82) is 0 Å². The highest BCUT2D eigenvalue weighted by atomic mass is 32.2. The molecule has 0 saturated carbocycles. The van der Waals surface area contributed by atoms with Crippen LogP contribution in [0.3, 0.4) is 0 Å². The van der Waals surface area contributed by atoms with E-state index in [1.807, 2.05) is 6.92 Å². The summed E-state index contributed by atoms with van der Waals surface area (Å²) in [6.45, 7) is 1.96. The number of hydrogen-bond donors (Lipinski definition) is 1. The van der Waals surface area contributed by atoms with Gasteiger partial charge < -0.3 is 0 Å². The van der Waals surface area contributed by atoms with Crippen molar-refractivity contribution in [3.63, 3.8) is 0 Å². The minimum Gasteiger partial charge on any atom is -0.274 e. The molecule has 2 rings (SSSR count). The van der Waals surface area contributed by atoms with Crippen molar-refractivity contribution >= 4 is 27.5 Å². The van der Waals surface area contributed by atoms with E-state index in [0.717, 1.165) is 11.3 Å². The third-order valence-corrected chi connectivity index (χ3v) is 4.23. The highest BCUT2D eigenvalue weighted by Gasteiger charge is 2.38. The first-order valence-corrected chi connectivity index (χ1v) is 7.89. The SMILES string of the molecule is CCCC1CC(=O)N(c2ccc(S(N)(=O)=O)cc2)C1=O. The summed E-state index contributed by atoms with van der Waals surface area (Å²) in [4.78, 5) is 25.1. The first-order chi connectivity index (χ1) is 9.34. The summed E-state index contributed by atoms with van der Waals surface area (Å²) >= 11 is 0. The molecule has 1 aliphatic heterocycles. The molecule has 6 nitrogen and oxygen atoms in total. The lowest BCUT2D eigenvalue weighted by Crippen LogP contribution is -2.30. The second-order valence-electron chi connectivity index (χ2n) is 4.80. The van der Waals surface area contributed by atoms with Crippen LogP contribution in [0.25, 0.3) is 0 Å². The highest BCUT2D eigenvalue weighted by molar-refractivity contribution is 7.89. The lowest BCUT2D eigenvalue weighted by molar-refractivity contribution is -0.122. The van der Waals surface area contributed by atoms with E-state index >= 15 is 0 Å². The van der Waals surface area contributed by atoms with Gasteiger partial charge in [0.15, 0.2) is 0 Å². The van der Waals surface area contributed by atoms with Gasteiger partial charge in [-0.1, -0.05) is 13.3 Å². The van der Waals surface area contributed by atoms with E-state index in [0.29, 0.717) is 12.1 Å². The first kappa shape index (κ1) is 14.7. The van der Waals surface area contributed by atoms with Crippen LogP contribution in [-0.4, -0.2) is 20.2 Å². The van der Waals surface area contributed by atoms with Gasteiger partial charge in [0.25, 0.3) is 0 Å². The van der Waals surface area contributed by atoms with Crippen LogP contribution in [0, 0.1) is 5.92 Å². The maximum absolute atomic E-state index is 12.2. The predicted octanol–water partition coefficient (Wildman–Crippen LogP) is 1.01.